The first-order chi connectivity index (χ1) is 13.6. The summed E-state index contributed by atoms with van der Waals surface area (Å²) in [5.41, 5.74) is 2.45. The van der Waals surface area contributed by atoms with Gasteiger partial charge in [-0.25, -0.2) is 4.79 Å². The number of benzene rings is 2. The Hall–Kier alpha value is -3.54. The molecule has 2 heterocycles. The molecule has 6 nitrogen and oxygen atoms in total. The van der Waals surface area contributed by atoms with Crippen LogP contribution < -0.4 is 9.47 Å². The summed E-state index contributed by atoms with van der Waals surface area (Å²) in [5, 5.41) is 1.04. The molecule has 0 saturated carbocycles. The lowest BCUT2D eigenvalue weighted by molar-refractivity contribution is -0.145. The number of ketones is 1. The summed E-state index contributed by atoms with van der Waals surface area (Å²) in [6, 6.07) is 12.9. The van der Waals surface area contributed by atoms with E-state index < -0.39 is 5.97 Å². The summed E-state index contributed by atoms with van der Waals surface area (Å²) in [6.45, 7) is 1.84. The fourth-order valence-corrected chi connectivity index (χ4v) is 3.23. The normalized spacial score (nSPS) is 14.2. The first kappa shape index (κ1) is 17.9. The minimum Gasteiger partial charge on any atom is -0.482 e. The van der Waals surface area contributed by atoms with Gasteiger partial charge in [0.2, 0.25) is 5.78 Å². The average molecular weight is 377 g/mol. The zero-order valence-corrected chi connectivity index (χ0v) is 15.6. The van der Waals surface area contributed by atoms with Crippen molar-refractivity contribution in [3.05, 3.63) is 65.5 Å². The van der Waals surface area contributed by atoms with E-state index in [0.29, 0.717) is 23.7 Å². The molecule has 1 aliphatic rings. The number of ether oxygens (including phenoxy) is 3. The summed E-state index contributed by atoms with van der Waals surface area (Å²) in [4.78, 5) is 24.1. The van der Waals surface area contributed by atoms with E-state index in [1.807, 2.05) is 42.1 Å². The van der Waals surface area contributed by atoms with E-state index in [1.54, 1.807) is 31.2 Å². The van der Waals surface area contributed by atoms with E-state index in [9.17, 15) is 9.59 Å². The zero-order valence-electron chi connectivity index (χ0n) is 15.6. The van der Waals surface area contributed by atoms with Crippen molar-refractivity contribution in [2.45, 2.75) is 6.92 Å². The maximum absolute atomic E-state index is 12.7. The molecule has 0 N–H and O–H groups in total. The number of carbonyl (C=O) groups excluding carboxylic acids is 2. The lowest BCUT2D eigenvalue weighted by Crippen LogP contribution is -2.14. The van der Waals surface area contributed by atoms with Gasteiger partial charge >= 0.3 is 5.97 Å². The van der Waals surface area contributed by atoms with Crippen molar-refractivity contribution < 1.29 is 23.8 Å². The van der Waals surface area contributed by atoms with E-state index >= 15 is 0 Å². The van der Waals surface area contributed by atoms with Crippen LogP contribution in [-0.2, 0) is 16.6 Å². The van der Waals surface area contributed by atoms with Gasteiger partial charge in [0.1, 0.15) is 11.5 Å². The van der Waals surface area contributed by atoms with Crippen LogP contribution in [0.1, 0.15) is 22.8 Å². The molecular formula is C22H19NO5. The molecule has 2 aromatic carbocycles. The van der Waals surface area contributed by atoms with Gasteiger partial charge in [-0.2, -0.15) is 0 Å². The van der Waals surface area contributed by atoms with Crippen LogP contribution in [0.5, 0.6) is 11.5 Å². The van der Waals surface area contributed by atoms with Crippen LogP contribution in [0.2, 0.25) is 0 Å². The predicted octanol–water partition coefficient (Wildman–Crippen LogP) is 3.74. The molecule has 0 aliphatic carbocycles. The second kappa shape index (κ2) is 7.23. The number of fused-ring (bicyclic) bond motifs is 2. The van der Waals surface area contributed by atoms with Gasteiger partial charge in [-0.3, -0.25) is 4.79 Å². The lowest BCUT2D eigenvalue weighted by Gasteiger charge is -2.06. The average Bonchev–Trinajstić information content (AvgIpc) is 3.18. The number of para-hydroxylation sites is 1. The maximum Gasteiger partial charge on any atom is 0.344 e. The van der Waals surface area contributed by atoms with Gasteiger partial charge in [-0.15, -0.1) is 0 Å². The number of aryl methyl sites for hydroxylation is 1. The van der Waals surface area contributed by atoms with Gasteiger partial charge in [-0.1, -0.05) is 18.2 Å². The Morgan fingerprint density at radius 1 is 1.21 bits per heavy atom. The number of esters is 1. The summed E-state index contributed by atoms with van der Waals surface area (Å²) < 4.78 is 18.0. The highest BCUT2D eigenvalue weighted by atomic mass is 16.6. The minimum absolute atomic E-state index is 0.181. The Balaban J connectivity index is 1.58. The Labute approximate surface area is 161 Å². The number of nitrogens with zero attached hydrogens (tertiary/aromatic N) is 1. The van der Waals surface area contributed by atoms with Crippen molar-refractivity contribution in [3.8, 4) is 11.5 Å². The van der Waals surface area contributed by atoms with E-state index in [2.05, 4.69) is 0 Å². The molecule has 142 valence electrons. The molecule has 0 unspecified atom stereocenters. The minimum atomic E-state index is -0.448. The molecule has 4 rings (SSSR count). The van der Waals surface area contributed by atoms with Gasteiger partial charge < -0.3 is 18.8 Å². The van der Waals surface area contributed by atoms with Gasteiger partial charge in [0.15, 0.2) is 12.4 Å². The Bertz CT molecular complexity index is 1110. The number of aromatic nitrogens is 1. The maximum atomic E-state index is 12.7. The molecule has 6 heteroatoms. The van der Waals surface area contributed by atoms with Crippen molar-refractivity contribution in [2.75, 3.05) is 13.2 Å². The van der Waals surface area contributed by atoms with E-state index in [0.717, 1.165) is 16.5 Å². The van der Waals surface area contributed by atoms with Crippen LogP contribution in [0.4, 0.5) is 0 Å². The highest BCUT2D eigenvalue weighted by molar-refractivity contribution is 6.15. The number of allylic oxidation sites excluding steroid dienone is 1. The Morgan fingerprint density at radius 2 is 2.04 bits per heavy atom. The van der Waals surface area contributed by atoms with E-state index in [4.69, 9.17) is 14.2 Å². The third kappa shape index (κ3) is 3.24. The standard InChI is InChI=1S/C22H19NO5/c1-3-26-21(24)13-27-15-8-9-17-19(11-15)28-20(22(17)25)10-14-12-23(2)18-7-5-4-6-16(14)18/h4-12H,3,13H2,1-2H3. The molecule has 0 atom stereocenters. The van der Waals surface area contributed by atoms with Crippen LogP contribution >= 0.6 is 0 Å². The van der Waals surface area contributed by atoms with Crippen LogP contribution in [0.15, 0.2) is 54.4 Å². The molecule has 3 aromatic rings. The molecule has 0 radical (unpaired) electrons. The summed E-state index contributed by atoms with van der Waals surface area (Å²) in [5.74, 6) is 0.481. The smallest absolute Gasteiger partial charge is 0.344 e. The third-order valence-electron chi connectivity index (χ3n) is 4.52. The van der Waals surface area contributed by atoms with Gasteiger partial charge in [0.25, 0.3) is 0 Å². The lowest BCUT2D eigenvalue weighted by atomic mass is 10.1. The van der Waals surface area contributed by atoms with Gasteiger partial charge in [-0.05, 0) is 31.2 Å². The number of Topliss-reactive ketones (excluding diaryl/α,β-unsaturated/α-hetero) is 1. The van der Waals surface area contributed by atoms with E-state index in [1.165, 1.54) is 0 Å². The van der Waals surface area contributed by atoms with Crippen LogP contribution in [0.25, 0.3) is 17.0 Å². The highest BCUT2D eigenvalue weighted by Gasteiger charge is 2.28. The summed E-state index contributed by atoms with van der Waals surface area (Å²) >= 11 is 0. The summed E-state index contributed by atoms with van der Waals surface area (Å²) in [7, 11) is 1.96. The zero-order chi connectivity index (χ0) is 19.7. The molecule has 0 spiro atoms. The molecule has 1 aliphatic heterocycles. The first-order valence-corrected chi connectivity index (χ1v) is 8.97. The predicted molar refractivity (Wildman–Crippen MR) is 104 cm³/mol. The molecule has 0 amide bonds. The van der Waals surface area contributed by atoms with Crippen molar-refractivity contribution in [3.63, 3.8) is 0 Å². The SMILES string of the molecule is CCOC(=O)COc1ccc2c(c1)OC(=Cc1cn(C)c3ccccc13)C2=O. The molecule has 0 saturated heterocycles. The highest BCUT2D eigenvalue weighted by Crippen LogP contribution is 2.35. The number of rotatable bonds is 5. The topological polar surface area (TPSA) is 66.8 Å². The monoisotopic (exact) mass is 377 g/mol. The van der Waals surface area contributed by atoms with Crippen LogP contribution in [0.3, 0.4) is 0 Å². The second-order valence-corrected chi connectivity index (χ2v) is 6.40. The van der Waals surface area contributed by atoms with Crippen LogP contribution in [-0.4, -0.2) is 29.5 Å². The number of carbonyl (C=O) groups is 2. The first-order valence-electron chi connectivity index (χ1n) is 8.97. The van der Waals surface area contributed by atoms with E-state index in [-0.39, 0.29) is 18.1 Å². The Kier molecular flexibility index (Phi) is 4.61. The molecule has 0 fully saturated rings. The van der Waals surface area contributed by atoms with Crippen LogP contribution in [0, 0.1) is 0 Å². The fraction of sp³-hybridized carbons (Fsp3) is 0.182. The number of hydrogen-bond acceptors (Lipinski definition) is 5. The number of hydrogen-bond donors (Lipinski definition) is 0. The third-order valence-corrected chi connectivity index (χ3v) is 4.52. The van der Waals surface area contributed by atoms with Crippen molar-refractivity contribution in [1.29, 1.82) is 0 Å². The van der Waals surface area contributed by atoms with Gasteiger partial charge in [0, 0.05) is 35.8 Å². The Morgan fingerprint density at radius 3 is 2.86 bits per heavy atom. The van der Waals surface area contributed by atoms with Crippen molar-refractivity contribution >= 4 is 28.7 Å². The van der Waals surface area contributed by atoms with Crippen molar-refractivity contribution in [2.24, 2.45) is 7.05 Å². The molecule has 0 bridgehead atoms. The van der Waals surface area contributed by atoms with Gasteiger partial charge in [0.05, 0.1) is 12.2 Å². The quantitative estimate of drug-likeness (QED) is 0.501. The molecular weight excluding hydrogens is 358 g/mol. The second-order valence-electron chi connectivity index (χ2n) is 6.40. The largest absolute Gasteiger partial charge is 0.482 e. The van der Waals surface area contributed by atoms with Crippen molar-refractivity contribution in [1.82, 2.24) is 4.57 Å². The molecule has 28 heavy (non-hydrogen) atoms. The molecule has 1 aromatic heterocycles. The fourth-order valence-electron chi connectivity index (χ4n) is 3.23. The summed E-state index contributed by atoms with van der Waals surface area (Å²) in [6.07, 6.45) is 3.72.